The van der Waals surface area contributed by atoms with Crippen molar-refractivity contribution in [2.75, 3.05) is 18.4 Å². The van der Waals surface area contributed by atoms with Crippen LogP contribution in [0.1, 0.15) is 0 Å². The third-order valence-corrected chi connectivity index (χ3v) is 2.16. The fourth-order valence-corrected chi connectivity index (χ4v) is 1.48. The third kappa shape index (κ3) is 1.84. The maximum atomic E-state index is 5.85. The molecule has 0 amide bonds. The van der Waals surface area contributed by atoms with Crippen molar-refractivity contribution in [3.63, 3.8) is 0 Å². The lowest BCUT2D eigenvalue weighted by Gasteiger charge is -1.96. The van der Waals surface area contributed by atoms with Crippen molar-refractivity contribution in [2.24, 2.45) is 5.73 Å². The number of furan rings is 1. The van der Waals surface area contributed by atoms with Gasteiger partial charge in [-0.25, -0.2) is 0 Å². The predicted molar refractivity (Wildman–Crippen MR) is 58.8 cm³/mol. The zero-order valence-corrected chi connectivity index (χ0v) is 8.34. The van der Waals surface area contributed by atoms with Crippen LogP contribution in [0.2, 0.25) is 5.02 Å². The molecule has 3 N–H and O–H groups in total. The van der Waals surface area contributed by atoms with Gasteiger partial charge in [-0.3, -0.25) is 0 Å². The number of hydrogen-bond donors (Lipinski definition) is 2. The lowest BCUT2D eigenvalue weighted by molar-refractivity contribution is 0.627. The molecule has 2 rings (SSSR count). The summed E-state index contributed by atoms with van der Waals surface area (Å²) in [5.41, 5.74) is 6.20. The Hall–Kier alpha value is -1.19. The molecule has 0 radical (unpaired) electrons. The van der Waals surface area contributed by atoms with Crippen LogP contribution in [0.4, 0.5) is 5.88 Å². The van der Waals surface area contributed by atoms with E-state index in [1.807, 2.05) is 18.2 Å². The Morgan fingerprint density at radius 3 is 3.00 bits per heavy atom. The summed E-state index contributed by atoms with van der Waals surface area (Å²) >= 11 is 5.85. The summed E-state index contributed by atoms with van der Waals surface area (Å²) in [6.45, 7) is 1.28. The van der Waals surface area contributed by atoms with Gasteiger partial charge in [-0.15, -0.1) is 0 Å². The summed E-state index contributed by atoms with van der Waals surface area (Å²) in [5.74, 6) is 0.729. The van der Waals surface area contributed by atoms with E-state index in [4.69, 9.17) is 21.8 Å². The SMILES string of the molecule is NCCNc1cc2cc(Cl)ccc2o1. The maximum absolute atomic E-state index is 5.85. The number of fused-ring (bicyclic) bond motifs is 1. The van der Waals surface area contributed by atoms with E-state index in [1.54, 1.807) is 6.07 Å². The Kier molecular flexibility index (Phi) is 2.61. The van der Waals surface area contributed by atoms with Gasteiger partial charge in [0.2, 0.25) is 0 Å². The van der Waals surface area contributed by atoms with E-state index in [0.717, 1.165) is 16.9 Å². The van der Waals surface area contributed by atoms with E-state index in [1.165, 1.54) is 0 Å². The summed E-state index contributed by atoms with van der Waals surface area (Å²) in [4.78, 5) is 0. The molecule has 0 aliphatic carbocycles. The van der Waals surface area contributed by atoms with Gasteiger partial charge >= 0.3 is 0 Å². The zero-order chi connectivity index (χ0) is 9.97. The summed E-state index contributed by atoms with van der Waals surface area (Å²) in [5, 5.41) is 4.78. The Labute approximate surface area is 86.8 Å². The zero-order valence-electron chi connectivity index (χ0n) is 7.59. The van der Waals surface area contributed by atoms with Crippen molar-refractivity contribution in [1.29, 1.82) is 0 Å². The van der Waals surface area contributed by atoms with Gasteiger partial charge in [-0.05, 0) is 18.2 Å². The minimum atomic E-state index is 0.581. The number of hydrogen-bond acceptors (Lipinski definition) is 3. The molecule has 4 heteroatoms. The van der Waals surface area contributed by atoms with E-state index in [2.05, 4.69) is 5.32 Å². The second-order valence-electron chi connectivity index (χ2n) is 3.01. The Morgan fingerprint density at radius 2 is 2.21 bits per heavy atom. The van der Waals surface area contributed by atoms with Crippen LogP contribution in [0, 0.1) is 0 Å². The molecule has 74 valence electrons. The molecule has 0 fully saturated rings. The molecule has 0 saturated carbocycles. The van der Waals surface area contributed by atoms with E-state index >= 15 is 0 Å². The average Bonchev–Trinajstić information content (AvgIpc) is 2.56. The quantitative estimate of drug-likeness (QED) is 0.818. The molecular formula is C10H11ClN2O. The van der Waals surface area contributed by atoms with Gasteiger partial charge in [-0.2, -0.15) is 0 Å². The minimum Gasteiger partial charge on any atom is -0.441 e. The summed E-state index contributed by atoms with van der Waals surface area (Å²) in [6, 6.07) is 7.44. The van der Waals surface area contributed by atoms with Crippen molar-refractivity contribution in [3.8, 4) is 0 Å². The van der Waals surface area contributed by atoms with Crippen LogP contribution in [-0.4, -0.2) is 13.1 Å². The first-order valence-electron chi connectivity index (χ1n) is 4.42. The van der Waals surface area contributed by atoms with Crippen molar-refractivity contribution in [3.05, 3.63) is 29.3 Å². The number of anilines is 1. The number of nitrogens with two attached hydrogens (primary N) is 1. The standard InChI is InChI=1S/C10H11ClN2O/c11-8-1-2-9-7(5-8)6-10(14-9)13-4-3-12/h1-2,5-6,13H,3-4,12H2. The van der Waals surface area contributed by atoms with Gasteiger partial charge < -0.3 is 15.5 Å². The lowest BCUT2D eigenvalue weighted by atomic mass is 10.2. The highest BCUT2D eigenvalue weighted by atomic mass is 35.5. The monoisotopic (exact) mass is 210 g/mol. The van der Waals surface area contributed by atoms with Crippen LogP contribution >= 0.6 is 11.6 Å². The molecule has 0 aliphatic rings. The molecule has 0 aliphatic heterocycles. The second kappa shape index (κ2) is 3.90. The van der Waals surface area contributed by atoms with Crippen LogP contribution in [0.3, 0.4) is 0 Å². The molecule has 0 bridgehead atoms. The van der Waals surface area contributed by atoms with Crippen molar-refractivity contribution in [1.82, 2.24) is 0 Å². The lowest BCUT2D eigenvalue weighted by Crippen LogP contribution is -2.12. The minimum absolute atomic E-state index is 0.581. The average molecular weight is 211 g/mol. The molecule has 1 heterocycles. The highest BCUT2D eigenvalue weighted by Crippen LogP contribution is 2.25. The van der Waals surface area contributed by atoms with E-state index in [9.17, 15) is 0 Å². The van der Waals surface area contributed by atoms with Crippen molar-refractivity contribution >= 4 is 28.5 Å². The van der Waals surface area contributed by atoms with Crippen LogP contribution < -0.4 is 11.1 Å². The highest BCUT2D eigenvalue weighted by Gasteiger charge is 2.02. The summed E-state index contributed by atoms with van der Waals surface area (Å²) in [6.07, 6.45) is 0. The molecule has 14 heavy (non-hydrogen) atoms. The Balaban J connectivity index is 2.32. The van der Waals surface area contributed by atoms with E-state index in [0.29, 0.717) is 18.1 Å². The molecule has 3 nitrogen and oxygen atoms in total. The van der Waals surface area contributed by atoms with Gasteiger partial charge in [0.25, 0.3) is 0 Å². The Bertz CT molecular complexity index is 439. The highest BCUT2D eigenvalue weighted by molar-refractivity contribution is 6.31. The fraction of sp³-hybridized carbons (Fsp3) is 0.200. The summed E-state index contributed by atoms with van der Waals surface area (Å²) in [7, 11) is 0. The normalized spacial score (nSPS) is 10.7. The fourth-order valence-electron chi connectivity index (χ4n) is 1.30. The second-order valence-corrected chi connectivity index (χ2v) is 3.44. The molecule has 0 atom stereocenters. The maximum Gasteiger partial charge on any atom is 0.194 e. The van der Waals surface area contributed by atoms with Gasteiger partial charge in [-0.1, -0.05) is 11.6 Å². The van der Waals surface area contributed by atoms with Crippen molar-refractivity contribution in [2.45, 2.75) is 0 Å². The van der Waals surface area contributed by atoms with Gasteiger partial charge in [0.05, 0.1) is 0 Å². The number of halogens is 1. The van der Waals surface area contributed by atoms with Crippen LogP contribution in [0.5, 0.6) is 0 Å². The van der Waals surface area contributed by atoms with E-state index < -0.39 is 0 Å². The number of benzene rings is 1. The number of nitrogens with one attached hydrogen (secondary N) is 1. The number of rotatable bonds is 3. The molecule has 2 aromatic rings. The first-order chi connectivity index (χ1) is 6.79. The first-order valence-corrected chi connectivity index (χ1v) is 4.80. The van der Waals surface area contributed by atoms with E-state index in [-0.39, 0.29) is 0 Å². The smallest absolute Gasteiger partial charge is 0.194 e. The van der Waals surface area contributed by atoms with Gasteiger partial charge in [0, 0.05) is 29.6 Å². The third-order valence-electron chi connectivity index (χ3n) is 1.92. The van der Waals surface area contributed by atoms with Gasteiger partial charge in [0.1, 0.15) is 5.58 Å². The van der Waals surface area contributed by atoms with Gasteiger partial charge in [0.15, 0.2) is 5.88 Å². The topological polar surface area (TPSA) is 51.2 Å². The molecule has 0 saturated heterocycles. The molecule has 1 aromatic carbocycles. The molecule has 0 unspecified atom stereocenters. The first kappa shape index (κ1) is 9.37. The molecule has 1 aromatic heterocycles. The van der Waals surface area contributed by atoms with Crippen LogP contribution in [0.25, 0.3) is 11.0 Å². The molecule has 0 spiro atoms. The largest absolute Gasteiger partial charge is 0.441 e. The Morgan fingerprint density at radius 1 is 1.36 bits per heavy atom. The van der Waals surface area contributed by atoms with Crippen LogP contribution in [0.15, 0.2) is 28.7 Å². The molecular weight excluding hydrogens is 200 g/mol. The van der Waals surface area contributed by atoms with Crippen molar-refractivity contribution < 1.29 is 4.42 Å². The summed E-state index contributed by atoms with van der Waals surface area (Å²) < 4.78 is 5.50. The van der Waals surface area contributed by atoms with Crippen LogP contribution in [-0.2, 0) is 0 Å². The predicted octanol–water partition coefficient (Wildman–Crippen LogP) is 2.46.